The molecule has 1 aromatic carbocycles. The highest BCUT2D eigenvalue weighted by atomic mass is 16.5. The van der Waals surface area contributed by atoms with E-state index in [9.17, 15) is 0 Å². The minimum absolute atomic E-state index is 0.885. The summed E-state index contributed by atoms with van der Waals surface area (Å²) < 4.78 is 5.59. The van der Waals surface area contributed by atoms with Gasteiger partial charge in [0.2, 0.25) is 0 Å². The molecule has 2 rings (SSSR count). The van der Waals surface area contributed by atoms with Gasteiger partial charge in [-0.1, -0.05) is 29.8 Å². The first kappa shape index (κ1) is 12.6. The summed E-state index contributed by atoms with van der Waals surface area (Å²) in [5.41, 5.74) is 2.68. The minimum Gasteiger partial charge on any atom is -0.381 e. The number of rotatable bonds is 8. The molecular weight excluding hydrogens is 210 g/mol. The molecule has 1 N–H and O–H groups in total. The number of benzene rings is 1. The first-order chi connectivity index (χ1) is 8.34. The molecule has 94 valence electrons. The van der Waals surface area contributed by atoms with E-state index in [1.807, 2.05) is 0 Å². The van der Waals surface area contributed by atoms with E-state index in [4.69, 9.17) is 4.74 Å². The van der Waals surface area contributed by atoms with Crippen molar-refractivity contribution >= 4 is 0 Å². The molecule has 0 unspecified atom stereocenters. The Kier molecular flexibility index (Phi) is 5.02. The number of ether oxygens (including phenoxy) is 1. The second-order valence-corrected chi connectivity index (χ2v) is 5.03. The number of aryl methyl sites for hydroxylation is 1. The standard InChI is InChI=1S/C15H23NO/c1-13-3-5-14(6-4-13)11-16-9-2-10-17-12-15-7-8-15/h3-6,15-16H,2,7-12H2,1H3. The van der Waals surface area contributed by atoms with Crippen LogP contribution in [0.25, 0.3) is 0 Å². The van der Waals surface area contributed by atoms with Crippen LogP contribution in [-0.2, 0) is 11.3 Å². The summed E-state index contributed by atoms with van der Waals surface area (Å²) in [5, 5.41) is 3.44. The van der Waals surface area contributed by atoms with E-state index in [0.717, 1.165) is 38.6 Å². The van der Waals surface area contributed by atoms with Gasteiger partial charge < -0.3 is 10.1 Å². The van der Waals surface area contributed by atoms with Crippen LogP contribution in [0.4, 0.5) is 0 Å². The molecule has 1 fully saturated rings. The molecule has 1 aliphatic carbocycles. The van der Waals surface area contributed by atoms with Crippen LogP contribution in [0.15, 0.2) is 24.3 Å². The van der Waals surface area contributed by atoms with Crippen molar-refractivity contribution in [1.82, 2.24) is 5.32 Å². The van der Waals surface area contributed by atoms with Gasteiger partial charge in [0.25, 0.3) is 0 Å². The molecule has 2 nitrogen and oxygen atoms in total. The van der Waals surface area contributed by atoms with Crippen LogP contribution >= 0.6 is 0 Å². The van der Waals surface area contributed by atoms with Crippen LogP contribution in [0.5, 0.6) is 0 Å². The average molecular weight is 233 g/mol. The molecule has 0 bridgehead atoms. The largest absolute Gasteiger partial charge is 0.381 e. The Morgan fingerprint density at radius 3 is 2.71 bits per heavy atom. The third-order valence-corrected chi connectivity index (χ3v) is 3.14. The van der Waals surface area contributed by atoms with Crippen LogP contribution in [0.3, 0.4) is 0 Å². The van der Waals surface area contributed by atoms with Gasteiger partial charge in [-0.3, -0.25) is 0 Å². The Morgan fingerprint density at radius 1 is 1.24 bits per heavy atom. The van der Waals surface area contributed by atoms with Gasteiger partial charge in [-0.25, -0.2) is 0 Å². The Morgan fingerprint density at radius 2 is 2.00 bits per heavy atom. The maximum absolute atomic E-state index is 5.59. The fraction of sp³-hybridized carbons (Fsp3) is 0.600. The van der Waals surface area contributed by atoms with Crippen molar-refractivity contribution in [1.29, 1.82) is 0 Å². The van der Waals surface area contributed by atoms with Crippen LogP contribution < -0.4 is 5.32 Å². The summed E-state index contributed by atoms with van der Waals surface area (Å²) >= 11 is 0. The molecule has 0 amide bonds. The summed E-state index contributed by atoms with van der Waals surface area (Å²) in [6, 6.07) is 8.70. The predicted molar refractivity (Wildman–Crippen MR) is 71.0 cm³/mol. The monoisotopic (exact) mass is 233 g/mol. The van der Waals surface area contributed by atoms with Gasteiger partial charge in [0.05, 0.1) is 0 Å². The molecular formula is C15H23NO. The molecule has 0 aliphatic heterocycles. The maximum Gasteiger partial charge on any atom is 0.0494 e. The lowest BCUT2D eigenvalue weighted by atomic mass is 10.1. The lowest BCUT2D eigenvalue weighted by molar-refractivity contribution is 0.122. The summed E-state index contributed by atoms with van der Waals surface area (Å²) in [6.07, 6.45) is 3.87. The molecule has 2 heteroatoms. The molecule has 0 spiro atoms. The van der Waals surface area contributed by atoms with Gasteiger partial charge in [0.1, 0.15) is 0 Å². The van der Waals surface area contributed by atoms with Crippen molar-refractivity contribution < 1.29 is 4.74 Å². The van der Waals surface area contributed by atoms with Crippen molar-refractivity contribution in [3.8, 4) is 0 Å². The smallest absolute Gasteiger partial charge is 0.0494 e. The molecule has 1 aromatic rings. The average Bonchev–Trinajstić information content (AvgIpc) is 3.14. The van der Waals surface area contributed by atoms with Gasteiger partial charge in [-0.15, -0.1) is 0 Å². The predicted octanol–water partition coefficient (Wildman–Crippen LogP) is 2.90. The lowest BCUT2D eigenvalue weighted by Gasteiger charge is -2.06. The Labute approximate surface area is 104 Å². The van der Waals surface area contributed by atoms with E-state index < -0.39 is 0 Å². The zero-order valence-corrected chi connectivity index (χ0v) is 10.7. The lowest BCUT2D eigenvalue weighted by Crippen LogP contribution is -2.16. The highest BCUT2D eigenvalue weighted by Crippen LogP contribution is 2.28. The van der Waals surface area contributed by atoms with E-state index in [0.29, 0.717) is 0 Å². The Hall–Kier alpha value is -0.860. The zero-order chi connectivity index (χ0) is 11.9. The second-order valence-electron chi connectivity index (χ2n) is 5.03. The molecule has 0 atom stereocenters. The van der Waals surface area contributed by atoms with E-state index in [-0.39, 0.29) is 0 Å². The second kappa shape index (κ2) is 6.77. The zero-order valence-electron chi connectivity index (χ0n) is 10.7. The van der Waals surface area contributed by atoms with E-state index >= 15 is 0 Å². The van der Waals surface area contributed by atoms with Crippen molar-refractivity contribution in [3.05, 3.63) is 35.4 Å². The number of nitrogens with one attached hydrogen (secondary N) is 1. The van der Waals surface area contributed by atoms with Crippen molar-refractivity contribution in [2.75, 3.05) is 19.8 Å². The highest BCUT2D eigenvalue weighted by molar-refractivity contribution is 5.20. The molecule has 0 saturated heterocycles. The Balaban J connectivity index is 1.46. The third kappa shape index (κ3) is 5.33. The first-order valence-corrected chi connectivity index (χ1v) is 6.68. The van der Waals surface area contributed by atoms with E-state index in [1.54, 1.807) is 0 Å². The van der Waals surface area contributed by atoms with Crippen LogP contribution in [-0.4, -0.2) is 19.8 Å². The van der Waals surface area contributed by atoms with Crippen LogP contribution in [0.2, 0.25) is 0 Å². The van der Waals surface area contributed by atoms with E-state index in [2.05, 4.69) is 36.5 Å². The van der Waals surface area contributed by atoms with Gasteiger partial charge in [0.15, 0.2) is 0 Å². The highest BCUT2D eigenvalue weighted by Gasteiger charge is 2.20. The summed E-state index contributed by atoms with van der Waals surface area (Å²) in [6.45, 7) is 6.01. The Bertz CT molecular complexity index is 316. The first-order valence-electron chi connectivity index (χ1n) is 6.68. The van der Waals surface area contributed by atoms with Crippen LogP contribution in [0.1, 0.15) is 30.4 Å². The normalized spacial score (nSPS) is 15.1. The molecule has 1 saturated carbocycles. The van der Waals surface area contributed by atoms with Gasteiger partial charge >= 0.3 is 0 Å². The van der Waals surface area contributed by atoms with Crippen molar-refractivity contribution in [2.45, 2.75) is 32.7 Å². The fourth-order valence-corrected chi connectivity index (χ4v) is 1.77. The van der Waals surface area contributed by atoms with Crippen LogP contribution in [0, 0.1) is 12.8 Å². The quantitative estimate of drug-likeness (QED) is 0.697. The van der Waals surface area contributed by atoms with Gasteiger partial charge in [0, 0.05) is 19.8 Å². The number of hydrogen-bond acceptors (Lipinski definition) is 2. The SMILES string of the molecule is Cc1ccc(CNCCCOCC2CC2)cc1. The summed E-state index contributed by atoms with van der Waals surface area (Å²) in [4.78, 5) is 0. The van der Waals surface area contributed by atoms with Crippen molar-refractivity contribution in [3.63, 3.8) is 0 Å². The summed E-state index contributed by atoms with van der Waals surface area (Å²) in [5.74, 6) is 0.885. The fourth-order valence-electron chi connectivity index (χ4n) is 1.77. The summed E-state index contributed by atoms with van der Waals surface area (Å²) in [7, 11) is 0. The minimum atomic E-state index is 0.885. The molecule has 0 heterocycles. The number of hydrogen-bond donors (Lipinski definition) is 1. The molecule has 0 aromatic heterocycles. The molecule has 1 aliphatic rings. The molecule has 17 heavy (non-hydrogen) atoms. The van der Waals surface area contributed by atoms with Gasteiger partial charge in [-0.2, -0.15) is 0 Å². The maximum atomic E-state index is 5.59. The molecule has 0 radical (unpaired) electrons. The third-order valence-electron chi connectivity index (χ3n) is 3.14. The topological polar surface area (TPSA) is 21.3 Å². The van der Waals surface area contributed by atoms with Crippen molar-refractivity contribution in [2.24, 2.45) is 5.92 Å². The van der Waals surface area contributed by atoms with E-state index in [1.165, 1.54) is 24.0 Å². The van der Waals surface area contributed by atoms with Gasteiger partial charge in [-0.05, 0) is 44.2 Å².